The number of rotatable bonds is 9. The van der Waals surface area contributed by atoms with E-state index in [1.807, 2.05) is 0 Å². The molecular formula is C22H24F2N8O2S. The van der Waals surface area contributed by atoms with Gasteiger partial charge in [-0.15, -0.1) is 15.3 Å². The van der Waals surface area contributed by atoms with Gasteiger partial charge in [0.05, 0.1) is 31.9 Å². The van der Waals surface area contributed by atoms with Crippen molar-refractivity contribution in [2.75, 3.05) is 48.4 Å². The van der Waals surface area contributed by atoms with Crippen molar-refractivity contribution in [2.45, 2.75) is 30.9 Å². The number of Topliss-reactive ketones (excluding diaryl/α,β-unsaturated/α-hetero) is 1. The van der Waals surface area contributed by atoms with Crippen LogP contribution in [-0.4, -0.2) is 76.4 Å². The van der Waals surface area contributed by atoms with Gasteiger partial charge in [-0.05, 0) is 24.1 Å². The van der Waals surface area contributed by atoms with E-state index in [2.05, 4.69) is 35.6 Å². The Morgan fingerprint density at radius 2 is 2.11 bits per heavy atom. The Bertz CT molecular complexity index is 1170. The average Bonchev–Trinajstić information content (AvgIpc) is 3.48. The molecule has 0 unspecified atom stereocenters. The molecule has 10 nitrogen and oxygen atoms in total. The van der Waals surface area contributed by atoms with Crippen molar-refractivity contribution in [1.29, 1.82) is 0 Å². The van der Waals surface area contributed by atoms with Crippen LogP contribution in [0.5, 0.6) is 0 Å². The van der Waals surface area contributed by atoms with Gasteiger partial charge < -0.3 is 19.9 Å². The summed E-state index contributed by atoms with van der Waals surface area (Å²) in [4.78, 5) is 20.9. The molecule has 2 aliphatic rings. The second-order valence-electron chi connectivity index (χ2n) is 8.59. The van der Waals surface area contributed by atoms with Crippen molar-refractivity contribution in [1.82, 2.24) is 25.4 Å². The molecule has 3 aromatic rings. The van der Waals surface area contributed by atoms with E-state index in [-0.39, 0.29) is 31.3 Å². The predicted molar refractivity (Wildman–Crippen MR) is 126 cm³/mol. The molecule has 184 valence electrons. The Labute approximate surface area is 204 Å². The number of benzene rings is 1. The third-order valence-electron chi connectivity index (χ3n) is 5.97. The minimum absolute atomic E-state index is 0.0597. The number of hydrogen-bond acceptors (Lipinski definition) is 11. The van der Waals surface area contributed by atoms with E-state index < -0.39 is 12.0 Å². The number of hydrogen-bond donors (Lipinski definition) is 1. The molecular weight excluding hydrogens is 478 g/mol. The molecule has 0 amide bonds. The molecule has 1 N–H and O–H groups in total. The highest BCUT2D eigenvalue weighted by Gasteiger charge is 2.44. The van der Waals surface area contributed by atoms with Crippen molar-refractivity contribution >= 4 is 33.9 Å². The van der Waals surface area contributed by atoms with Crippen molar-refractivity contribution in [3.8, 4) is 0 Å². The summed E-state index contributed by atoms with van der Waals surface area (Å²) >= 11 is 1.33. The Hall–Kier alpha value is -3.32. The molecule has 0 spiro atoms. The maximum absolute atomic E-state index is 13.2. The predicted octanol–water partition coefficient (Wildman–Crippen LogP) is 2.37. The van der Waals surface area contributed by atoms with Crippen molar-refractivity contribution in [3.63, 3.8) is 0 Å². The Balaban J connectivity index is 1.18. The molecule has 2 atom stereocenters. The lowest BCUT2D eigenvalue weighted by molar-refractivity contribution is -0.128. The van der Waals surface area contributed by atoms with Gasteiger partial charge >= 0.3 is 0 Å². The molecule has 0 saturated carbocycles. The van der Waals surface area contributed by atoms with Gasteiger partial charge in [0.25, 0.3) is 5.92 Å². The number of ether oxygens (including phenoxy) is 1. The maximum atomic E-state index is 13.2. The molecule has 2 fully saturated rings. The summed E-state index contributed by atoms with van der Waals surface area (Å²) in [5, 5.41) is 20.8. The molecule has 0 bridgehead atoms. The SMILES string of the molecule is CO[C@@H](C(=O)Cc1nnc(N[C@@H]2CCN(c3nccnn3)C2)s1)c1cccc(N2CC(F)(F)C2)c1. The third kappa shape index (κ3) is 5.35. The zero-order chi connectivity index (χ0) is 24.4. The van der Waals surface area contributed by atoms with E-state index in [0.717, 1.165) is 13.0 Å². The van der Waals surface area contributed by atoms with E-state index in [1.54, 1.807) is 35.4 Å². The standard InChI is InChI=1S/C22H24F2N8O2S/c1-34-19(14-3-2-4-16(9-14)32-12-22(23,24)13-32)17(33)10-18-28-30-21(35-18)27-15-5-8-31(11-15)20-25-6-7-26-29-20/h2-4,6-7,9,15,19H,5,8,10-13H2,1H3,(H,27,30)/t15-,19-/m1/s1. The Morgan fingerprint density at radius 3 is 2.86 bits per heavy atom. The minimum atomic E-state index is -2.67. The van der Waals surface area contributed by atoms with Gasteiger partial charge in [-0.1, -0.05) is 23.5 Å². The third-order valence-corrected chi connectivity index (χ3v) is 6.83. The molecule has 13 heteroatoms. The fourth-order valence-corrected chi connectivity index (χ4v) is 5.10. The number of carbonyl (C=O) groups is 1. The fraction of sp³-hybridized carbons (Fsp3) is 0.455. The van der Waals surface area contributed by atoms with Gasteiger partial charge in [-0.25, -0.2) is 13.8 Å². The first-order chi connectivity index (χ1) is 16.9. The number of anilines is 3. The summed E-state index contributed by atoms with van der Waals surface area (Å²) in [6, 6.07) is 7.14. The van der Waals surface area contributed by atoms with Crippen molar-refractivity contribution < 1.29 is 18.3 Å². The first-order valence-electron chi connectivity index (χ1n) is 11.2. The number of halogens is 2. The second kappa shape index (κ2) is 9.74. The number of carbonyl (C=O) groups excluding carboxylic acids is 1. The summed E-state index contributed by atoms with van der Waals surface area (Å²) in [5.74, 6) is -2.25. The monoisotopic (exact) mass is 502 g/mol. The molecule has 0 radical (unpaired) electrons. The summed E-state index contributed by atoms with van der Waals surface area (Å²) in [6.45, 7) is 0.870. The van der Waals surface area contributed by atoms with Gasteiger partial charge in [-0.3, -0.25) is 4.79 Å². The lowest BCUT2D eigenvalue weighted by Crippen LogP contribution is -2.56. The van der Waals surface area contributed by atoms with Crippen LogP contribution in [0.15, 0.2) is 36.7 Å². The smallest absolute Gasteiger partial charge is 0.282 e. The average molecular weight is 503 g/mol. The lowest BCUT2D eigenvalue weighted by atomic mass is 10.0. The number of nitrogens with one attached hydrogen (secondary N) is 1. The van der Waals surface area contributed by atoms with Crippen LogP contribution in [0.1, 0.15) is 23.1 Å². The first-order valence-corrected chi connectivity index (χ1v) is 12.0. The molecule has 4 heterocycles. The van der Waals surface area contributed by atoms with Crippen molar-refractivity contribution in [2.24, 2.45) is 0 Å². The zero-order valence-corrected chi connectivity index (χ0v) is 19.8. The van der Waals surface area contributed by atoms with Crippen LogP contribution in [0.3, 0.4) is 0 Å². The normalized spacial score (nSPS) is 19.9. The lowest BCUT2D eigenvalue weighted by Gasteiger charge is -2.40. The highest BCUT2D eigenvalue weighted by molar-refractivity contribution is 7.15. The largest absolute Gasteiger partial charge is 0.369 e. The fourth-order valence-electron chi connectivity index (χ4n) is 4.28. The van der Waals surface area contributed by atoms with E-state index in [1.165, 1.54) is 24.6 Å². The van der Waals surface area contributed by atoms with Gasteiger partial charge in [0.15, 0.2) is 5.78 Å². The van der Waals surface area contributed by atoms with Gasteiger partial charge in [0, 0.05) is 31.9 Å². The molecule has 35 heavy (non-hydrogen) atoms. The van der Waals surface area contributed by atoms with Gasteiger partial charge in [0.1, 0.15) is 11.1 Å². The number of ketones is 1. The molecule has 2 saturated heterocycles. The summed E-state index contributed by atoms with van der Waals surface area (Å²) in [5.41, 5.74) is 1.27. The zero-order valence-electron chi connectivity index (χ0n) is 19.0. The van der Waals surface area contributed by atoms with E-state index in [4.69, 9.17) is 4.74 Å². The van der Waals surface area contributed by atoms with Gasteiger partial charge in [0.2, 0.25) is 11.1 Å². The Kier molecular flexibility index (Phi) is 6.52. The number of nitrogens with zero attached hydrogens (tertiary/aromatic N) is 7. The van der Waals surface area contributed by atoms with E-state index in [9.17, 15) is 13.6 Å². The maximum Gasteiger partial charge on any atom is 0.282 e. The molecule has 0 aliphatic carbocycles. The molecule has 1 aromatic carbocycles. The number of alkyl halides is 2. The highest BCUT2D eigenvalue weighted by atomic mass is 32.1. The van der Waals surface area contributed by atoms with Crippen molar-refractivity contribution in [3.05, 3.63) is 47.2 Å². The summed E-state index contributed by atoms with van der Waals surface area (Å²) < 4.78 is 32.0. The quantitative estimate of drug-likeness (QED) is 0.468. The number of methoxy groups -OCH3 is 1. The Morgan fingerprint density at radius 1 is 1.26 bits per heavy atom. The highest BCUT2D eigenvalue weighted by Crippen LogP contribution is 2.33. The summed E-state index contributed by atoms with van der Waals surface area (Å²) in [7, 11) is 1.46. The molecule has 2 aliphatic heterocycles. The van der Waals surface area contributed by atoms with E-state index >= 15 is 0 Å². The van der Waals surface area contributed by atoms with Crippen LogP contribution >= 0.6 is 11.3 Å². The van der Waals surface area contributed by atoms with Crippen LogP contribution in [0.25, 0.3) is 0 Å². The number of aromatic nitrogens is 5. The van der Waals surface area contributed by atoms with Crippen LogP contribution in [-0.2, 0) is 16.0 Å². The summed E-state index contributed by atoms with van der Waals surface area (Å²) in [6.07, 6.45) is 3.28. The topological polar surface area (TPSA) is 109 Å². The minimum Gasteiger partial charge on any atom is -0.369 e. The first kappa shape index (κ1) is 23.4. The van der Waals surface area contributed by atoms with Gasteiger partial charge in [-0.2, -0.15) is 5.10 Å². The van der Waals surface area contributed by atoms with Crippen LogP contribution in [0.4, 0.5) is 25.5 Å². The molecule has 5 rings (SSSR count). The molecule has 2 aromatic heterocycles. The van der Waals surface area contributed by atoms with Crippen LogP contribution < -0.4 is 15.1 Å². The second-order valence-corrected chi connectivity index (χ2v) is 9.65. The van der Waals surface area contributed by atoms with E-state index in [0.29, 0.717) is 33.9 Å². The van der Waals surface area contributed by atoms with Crippen LogP contribution in [0.2, 0.25) is 0 Å². The van der Waals surface area contributed by atoms with Crippen LogP contribution in [0, 0.1) is 0 Å².